The molecule has 0 bridgehead atoms. The van der Waals surface area contributed by atoms with Crippen LogP contribution < -0.4 is 18.9 Å². The molecule has 656 valence electrons. The Bertz CT molecular complexity index is 5660. The lowest BCUT2D eigenvalue weighted by atomic mass is 9.75. The second-order valence-corrected chi connectivity index (χ2v) is 44.1. The van der Waals surface area contributed by atoms with E-state index in [1.165, 1.54) is 177 Å². The molecule has 4 aliphatic heterocycles. The van der Waals surface area contributed by atoms with E-state index in [4.69, 9.17) is 41.6 Å². The van der Waals surface area contributed by atoms with E-state index >= 15 is 0 Å². The Morgan fingerprint density at radius 1 is 0.389 bits per heavy atom. The van der Waals surface area contributed by atoms with E-state index in [9.17, 15) is 24.3 Å². The smallest absolute Gasteiger partial charge is 0.315 e. The molecular weight excluding hydrogens is 1790 g/mol. The monoisotopic (exact) mass is 1910 g/mol. The molecule has 0 saturated heterocycles. The molecule has 4 heterocycles. The van der Waals surface area contributed by atoms with Crippen LogP contribution in [0.25, 0.3) is 0 Å². The maximum absolute atomic E-state index is 11.5. The van der Waals surface area contributed by atoms with Crippen molar-refractivity contribution < 1.29 is 57.8 Å². The minimum Gasteiger partial charge on any atom is -0.487 e. The van der Waals surface area contributed by atoms with Gasteiger partial charge >= 0.3 is 23.9 Å². The van der Waals surface area contributed by atoms with Crippen LogP contribution in [-0.2, 0) is 61.1 Å². The standard InChI is InChI=1S/C28H30O3.C27H28O3.2C18H20O.C11H13IO2.C10H11IO2/c1-26(2)17-28(13-14-28)31-24-22(20-9-10-20)15-19(16-23(24)26)6-5-18-7-11-21(12-8-18)27(3,4)25(29)30;1-17(25(28)29)20-8-6-18(7-9-20)4-5-19-14-22(21-10-11-21)24-23(15-19)26(2,3)16-27(30-24)12-13-27;2*1-4-12-9-14(13-5-6-13)16-15(10-12)17(2,3)11-18(19-16)7-8-18;1-11(2,10(13)14-3)8-4-6-9(12)7-5-8;1-7(10(12)13-2)8-3-5-9(11)6-4-8/h7-8,11-12,15-16,20H,9-10,13-14,17H2,1-4H3,(H,29,30);6-9,14-15,17,21H,10-13,16H2,1-3H3,(H,28,29);2*1,9-10,13H,5-8,11H2,2-3H3;4-7H,1-3H3;3-7H,1-2H3. The normalized spacial score (nSPS) is 20.1. The average Bonchev–Trinajstić information content (AvgIpc) is 1.57. The van der Waals surface area contributed by atoms with Gasteiger partial charge in [0.2, 0.25) is 0 Å². The van der Waals surface area contributed by atoms with Crippen LogP contribution in [0.1, 0.15) is 361 Å². The number of esters is 2. The first-order valence-electron chi connectivity index (χ1n) is 45.4. The van der Waals surface area contributed by atoms with Gasteiger partial charge in [-0.1, -0.05) is 139 Å². The molecule has 0 amide bonds. The van der Waals surface area contributed by atoms with Gasteiger partial charge in [-0.05, 0) is 402 Å². The number of aliphatic carboxylic acids is 2. The molecule has 20 rings (SSSR count). The number of halogens is 2. The first-order valence-corrected chi connectivity index (χ1v) is 47.5. The Morgan fingerprint density at radius 3 is 0.944 bits per heavy atom. The quantitative estimate of drug-likeness (QED) is 0.0677. The summed E-state index contributed by atoms with van der Waals surface area (Å²) in [5, 5.41) is 18.6. The zero-order valence-electron chi connectivity index (χ0n) is 76.4. The molecule has 14 heteroatoms. The van der Waals surface area contributed by atoms with E-state index in [-0.39, 0.29) is 61.9 Å². The van der Waals surface area contributed by atoms with E-state index in [2.05, 4.69) is 189 Å². The average molecular weight is 1910 g/mol. The van der Waals surface area contributed by atoms with Crippen molar-refractivity contribution in [3.05, 3.63) is 253 Å². The molecule has 8 aromatic carbocycles. The number of hydrogen-bond acceptors (Lipinski definition) is 10. The molecular formula is C112H122I2O12. The fraction of sp³-hybridized carbons (Fsp3) is 0.464. The highest BCUT2D eigenvalue weighted by Gasteiger charge is 2.58. The number of methoxy groups -OCH3 is 2. The van der Waals surface area contributed by atoms with Crippen LogP contribution in [0.15, 0.2) is 146 Å². The van der Waals surface area contributed by atoms with Crippen molar-refractivity contribution in [2.24, 2.45) is 0 Å². The fourth-order valence-electron chi connectivity index (χ4n) is 19.1. The van der Waals surface area contributed by atoms with Crippen molar-refractivity contribution in [3.63, 3.8) is 0 Å². The van der Waals surface area contributed by atoms with Crippen molar-refractivity contribution in [1.29, 1.82) is 0 Å². The molecule has 2 N–H and O–H groups in total. The van der Waals surface area contributed by atoms with E-state index in [0.29, 0.717) is 23.7 Å². The predicted octanol–water partition coefficient (Wildman–Crippen LogP) is 25.2. The Balaban J connectivity index is 0.000000120. The number of rotatable bonds is 12. The topological polar surface area (TPSA) is 164 Å². The van der Waals surface area contributed by atoms with Crippen LogP contribution in [0.3, 0.4) is 0 Å². The summed E-state index contributed by atoms with van der Waals surface area (Å²) in [6, 6.07) is 48.5. The number of carboxylic acid groups (broad SMARTS) is 2. The van der Waals surface area contributed by atoms with Crippen LogP contribution in [0.2, 0.25) is 0 Å². The molecule has 2 unspecified atom stereocenters. The Morgan fingerprint density at radius 2 is 0.659 bits per heavy atom. The van der Waals surface area contributed by atoms with E-state index in [1.807, 2.05) is 118 Å². The van der Waals surface area contributed by atoms with E-state index < -0.39 is 28.7 Å². The molecule has 8 aliphatic carbocycles. The second-order valence-electron chi connectivity index (χ2n) is 41.6. The minimum absolute atomic E-state index is 0.0822. The highest BCUT2D eigenvalue weighted by atomic mass is 127. The summed E-state index contributed by atoms with van der Waals surface area (Å²) in [6.07, 6.45) is 35.4. The summed E-state index contributed by atoms with van der Waals surface area (Å²) in [7, 11) is 2.82. The molecule has 8 fully saturated rings. The van der Waals surface area contributed by atoms with Crippen molar-refractivity contribution in [3.8, 4) is 71.4 Å². The van der Waals surface area contributed by atoms with Gasteiger partial charge in [0.25, 0.3) is 0 Å². The van der Waals surface area contributed by atoms with Gasteiger partial charge in [-0.15, -0.1) is 12.8 Å². The van der Waals surface area contributed by atoms with Crippen LogP contribution in [0.5, 0.6) is 23.0 Å². The molecule has 12 aliphatic rings. The zero-order chi connectivity index (χ0) is 90.2. The fourth-order valence-corrected chi connectivity index (χ4v) is 19.9. The first-order chi connectivity index (χ1) is 59.5. The Labute approximate surface area is 775 Å². The molecule has 126 heavy (non-hydrogen) atoms. The molecule has 12 nitrogen and oxygen atoms in total. The number of terminal acetylenes is 2. The maximum Gasteiger partial charge on any atom is 0.315 e. The second kappa shape index (κ2) is 34.9. The lowest BCUT2D eigenvalue weighted by Crippen LogP contribution is -2.36. The summed E-state index contributed by atoms with van der Waals surface area (Å²) < 4.78 is 37.8. The van der Waals surface area contributed by atoms with Gasteiger partial charge in [0, 0.05) is 62.8 Å². The van der Waals surface area contributed by atoms with Gasteiger partial charge in [-0.2, -0.15) is 0 Å². The Hall–Kier alpha value is -9.46. The summed E-state index contributed by atoms with van der Waals surface area (Å²) in [5.74, 6) is 23.4. The third-order valence-corrected chi connectivity index (χ3v) is 29.6. The van der Waals surface area contributed by atoms with Gasteiger partial charge in [-0.25, -0.2) is 0 Å². The molecule has 0 radical (unpaired) electrons. The van der Waals surface area contributed by atoms with Gasteiger partial charge < -0.3 is 38.6 Å². The van der Waals surface area contributed by atoms with Gasteiger partial charge in [0.15, 0.2) is 0 Å². The molecule has 0 aromatic heterocycles. The molecule has 2 atom stereocenters. The summed E-state index contributed by atoms with van der Waals surface area (Å²) in [4.78, 5) is 45.3. The van der Waals surface area contributed by atoms with Crippen LogP contribution in [-0.4, -0.2) is 70.7 Å². The van der Waals surface area contributed by atoms with E-state index in [0.717, 1.165) is 96.4 Å². The SMILES string of the molecule is C#Cc1cc(C2CC2)c2c(c1)C(C)(C)CC1(CC1)O2.C#Cc1cc(C2CC2)c2c(c1)C(C)(C)CC1(CC1)O2.CC(C(=O)O)c1ccc(C#Cc2cc(C3CC3)c3c(c2)C(C)(C)CC2(CC2)O3)cc1.CC1(C)CC2(CC2)Oc2c(C3CC3)cc(C#Cc3ccc(C(C)(C)C(=O)O)cc3)cc21.COC(=O)C(C)(C)c1ccc(I)cc1.COC(=O)C(C)c1ccc(I)cc1. The van der Waals surface area contributed by atoms with Crippen molar-refractivity contribution in [2.45, 2.75) is 316 Å². The first kappa shape index (κ1) is 91.3. The minimum atomic E-state index is -0.909. The molecule has 8 aromatic rings. The highest BCUT2D eigenvalue weighted by molar-refractivity contribution is 14.1. The van der Waals surface area contributed by atoms with Crippen molar-refractivity contribution >= 4 is 69.1 Å². The van der Waals surface area contributed by atoms with Crippen LogP contribution in [0, 0.1) is 55.5 Å². The van der Waals surface area contributed by atoms with Crippen molar-refractivity contribution in [2.75, 3.05) is 14.2 Å². The Kier molecular flexibility index (Phi) is 25.3. The van der Waals surface area contributed by atoms with Gasteiger partial charge in [-0.3, -0.25) is 19.2 Å². The summed E-state index contributed by atoms with van der Waals surface area (Å²) in [5.41, 5.74) is 19.7. The largest absolute Gasteiger partial charge is 0.487 e. The maximum atomic E-state index is 11.5. The lowest BCUT2D eigenvalue weighted by Gasteiger charge is -2.39. The zero-order valence-corrected chi connectivity index (χ0v) is 80.7. The number of carbonyl (C=O) groups is 4. The molecule has 8 saturated carbocycles. The van der Waals surface area contributed by atoms with E-state index in [1.54, 1.807) is 20.8 Å². The van der Waals surface area contributed by atoms with Crippen LogP contribution >= 0.6 is 45.2 Å². The summed E-state index contributed by atoms with van der Waals surface area (Å²) in [6.45, 7) is 29.4. The number of benzene rings is 8. The molecule has 4 spiro atoms. The van der Waals surface area contributed by atoms with Crippen molar-refractivity contribution in [1.82, 2.24) is 0 Å². The van der Waals surface area contributed by atoms with Crippen LogP contribution in [0.4, 0.5) is 0 Å². The number of fused-ring (bicyclic) bond motifs is 4. The van der Waals surface area contributed by atoms with Gasteiger partial charge in [0.05, 0.1) is 36.9 Å². The lowest BCUT2D eigenvalue weighted by molar-refractivity contribution is -0.146. The third kappa shape index (κ3) is 20.5. The third-order valence-electron chi connectivity index (χ3n) is 28.2. The summed E-state index contributed by atoms with van der Waals surface area (Å²) >= 11 is 4.47. The highest BCUT2D eigenvalue weighted by Crippen LogP contribution is 2.63. The number of carbonyl (C=O) groups excluding carboxylic acids is 2. The number of carboxylic acids is 2. The predicted molar refractivity (Wildman–Crippen MR) is 516 cm³/mol. The number of hydrogen-bond donors (Lipinski definition) is 2. The van der Waals surface area contributed by atoms with Gasteiger partial charge in [0.1, 0.15) is 45.4 Å². The number of ether oxygens (including phenoxy) is 6.